The molecule has 0 spiro atoms. The van der Waals surface area contributed by atoms with Crippen LogP contribution in [0.4, 0.5) is 0 Å². The summed E-state index contributed by atoms with van der Waals surface area (Å²) in [5, 5.41) is 75.6. The Morgan fingerprint density at radius 3 is 1.13 bits per heavy atom. The predicted molar refractivity (Wildman–Crippen MR) is 387 cm³/mol. The number of phenols is 1. The number of rotatable bonds is 55. The number of nitrogens with one attached hydrogen (secondary N) is 11. The highest BCUT2D eigenvalue weighted by Gasteiger charge is 2.40. The van der Waals surface area contributed by atoms with Gasteiger partial charge in [0.05, 0.1) is 19.1 Å². The van der Waals surface area contributed by atoms with Gasteiger partial charge < -0.3 is 136 Å². The van der Waals surface area contributed by atoms with E-state index in [2.05, 4.69) is 68.5 Å². The summed E-state index contributed by atoms with van der Waals surface area (Å²) in [6, 6.07) is -11.6. The molecule has 107 heavy (non-hydrogen) atoms. The first-order valence-corrected chi connectivity index (χ1v) is 35.0. The van der Waals surface area contributed by atoms with Gasteiger partial charge in [0.15, 0.2) is 11.9 Å². The number of aliphatic hydroxyl groups excluding tert-OH is 1. The number of aliphatic hydroxyl groups is 1. The molecule has 0 aliphatic heterocycles. The molecule has 602 valence electrons. The SMILES string of the molecule is CC(C)[C@H](NC(=O)C(C)(C)NC(=O)[C@H](CCCN=C(N)N)NC(=O)[C@H](CCCCN)NC(=O)[C@H](CO)NC(=O)[C@H](CCCN=C(N)N)NC(=O)[C@H](CCC(=O)O)NC(=O)[C@H](CCCCN)NC(=O)[C@H](N)Cc1ccc(O)cc1)C(=O)N[C@@H](CCC(N)=O)C(=O)N[C@@H](CCCCN)C(=O)N[C@@H](CC(=O)O)C(=O)O. The molecule has 42 heteroatoms. The van der Waals surface area contributed by atoms with Gasteiger partial charge in [-0.3, -0.25) is 77.1 Å². The minimum atomic E-state index is -1.97. The lowest BCUT2D eigenvalue weighted by atomic mass is 9.97. The molecule has 1 aromatic rings. The number of aliphatic imine (C=N–C) groups is 2. The molecule has 0 radical (unpaired) electrons. The standard InChI is InChI=1S/C65H112N22O20/c1-34(2)50(60(104)83-43(22-24-47(70)90)56(100)78-40(15-7-10-28-68)54(98)84-45(61(105)106)32-49(93)94)86-62(107)65(3,4)87-59(103)42(17-12-30-76-64(73)74)81-53(97)39(14-6-9-27-67)80-58(102)46(33-88)85-55(99)41(16-11-29-75-63(71)72)79-57(101)44(23-25-48(91)92)82-52(96)38(13-5-8-26-66)77-51(95)37(69)31-35-18-20-36(89)21-19-35/h18-21,34,37-46,50,88-89H,5-17,22-33,66-69H2,1-4H3,(H2,70,90)(H,77,95)(H,78,100)(H,79,101)(H,80,102)(H,81,97)(H,82,96)(H,83,104)(H,84,98)(H,85,99)(H,86,107)(H,87,103)(H,91,92)(H,93,94)(H,105,106)(H4,71,72,75)(H4,73,74,76)/t37-,38+,39+,40+,41+,42+,43+,44+,45+,46+,50+/m1/s1. The fraction of sp³-hybridized carbons (Fsp3) is 0.646. The van der Waals surface area contributed by atoms with E-state index in [0.29, 0.717) is 31.2 Å². The number of primary amides is 1. The van der Waals surface area contributed by atoms with Crippen LogP contribution in [0.1, 0.15) is 149 Å². The highest BCUT2D eigenvalue weighted by molar-refractivity contribution is 6.00. The summed E-state index contributed by atoms with van der Waals surface area (Å²) in [5.74, 6) is -18.4. The molecule has 0 saturated heterocycles. The van der Waals surface area contributed by atoms with Gasteiger partial charge in [-0.2, -0.15) is 0 Å². The molecule has 12 amide bonds. The number of guanidine groups is 2. The summed E-state index contributed by atoms with van der Waals surface area (Å²) in [4.78, 5) is 210. The van der Waals surface area contributed by atoms with Crippen LogP contribution < -0.4 is 110 Å². The summed E-state index contributed by atoms with van der Waals surface area (Å²) in [6.07, 6.45) is -2.44. The molecule has 1 aromatic carbocycles. The number of carbonyl (C=O) groups is 15. The van der Waals surface area contributed by atoms with E-state index >= 15 is 0 Å². The monoisotopic (exact) mass is 1520 g/mol. The van der Waals surface area contributed by atoms with E-state index in [1.54, 1.807) is 12.1 Å². The van der Waals surface area contributed by atoms with Crippen LogP contribution in [0.2, 0.25) is 0 Å². The van der Waals surface area contributed by atoms with Gasteiger partial charge in [-0.15, -0.1) is 0 Å². The molecule has 1 rings (SSSR count). The van der Waals surface area contributed by atoms with Crippen LogP contribution in [0.15, 0.2) is 34.3 Å². The van der Waals surface area contributed by atoms with Gasteiger partial charge in [-0.25, -0.2) is 4.79 Å². The highest BCUT2D eigenvalue weighted by atomic mass is 16.4. The molecule has 0 aliphatic carbocycles. The second-order valence-corrected chi connectivity index (χ2v) is 26.1. The zero-order valence-electron chi connectivity index (χ0n) is 60.9. The molecule has 0 fully saturated rings. The largest absolute Gasteiger partial charge is 0.508 e. The van der Waals surface area contributed by atoms with Crippen molar-refractivity contribution in [2.45, 2.75) is 222 Å². The first kappa shape index (κ1) is 94.4. The number of nitrogens with zero attached hydrogens (tertiary/aromatic N) is 2. The number of hydrogen-bond donors (Lipinski definition) is 25. The number of amides is 12. The summed E-state index contributed by atoms with van der Waals surface area (Å²) >= 11 is 0. The number of carboxylic acid groups (broad SMARTS) is 3. The van der Waals surface area contributed by atoms with Crippen LogP contribution in [-0.2, 0) is 78.3 Å². The van der Waals surface area contributed by atoms with Gasteiger partial charge in [-0.1, -0.05) is 26.0 Å². The van der Waals surface area contributed by atoms with Crippen molar-refractivity contribution in [2.75, 3.05) is 39.3 Å². The molecule has 42 nitrogen and oxygen atoms in total. The number of phenolic OH excluding ortho intramolecular Hbond substituents is 1. The van der Waals surface area contributed by atoms with E-state index < -0.39 is 205 Å². The molecule has 0 saturated carbocycles. The van der Waals surface area contributed by atoms with Gasteiger partial charge in [-0.05, 0) is 160 Å². The normalized spacial score (nSPS) is 14.2. The lowest BCUT2D eigenvalue weighted by Gasteiger charge is -2.32. The lowest BCUT2D eigenvalue weighted by molar-refractivity contribution is -0.147. The average Bonchev–Trinajstić information content (AvgIpc) is 0.806. The maximum atomic E-state index is 14.5. The second-order valence-electron chi connectivity index (χ2n) is 26.1. The fourth-order valence-electron chi connectivity index (χ4n) is 10.2. The smallest absolute Gasteiger partial charge is 0.326 e. The third-order valence-corrected chi connectivity index (χ3v) is 16.3. The van der Waals surface area contributed by atoms with Crippen molar-refractivity contribution >= 4 is 101 Å². The number of nitrogens with two attached hydrogens (primary N) is 9. The Labute approximate surface area is 618 Å². The molecule has 0 heterocycles. The van der Waals surface area contributed by atoms with Crippen molar-refractivity contribution in [2.24, 2.45) is 67.5 Å². The van der Waals surface area contributed by atoms with E-state index in [1.165, 1.54) is 39.8 Å². The number of aliphatic carboxylic acids is 3. The molecule has 0 aromatic heterocycles. The minimum absolute atomic E-state index is 0.00181. The highest BCUT2D eigenvalue weighted by Crippen LogP contribution is 2.16. The lowest BCUT2D eigenvalue weighted by Crippen LogP contribution is -2.64. The zero-order valence-corrected chi connectivity index (χ0v) is 60.9. The maximum Gasteiger partial charge on any atom is 0.326 e. The molecule has 0 aliphatic rings. The van der Waals surface area contributed by atoms with Crippen LogP contribution in [0, 0.1) is 5.92 Å². The number of unbranched alkanes of at least 4 members (excludes halogenated alkanes) is 3. The minimum Gasteiger partial charge on any atom is -0.508 e. The van der Waals surface area contributed by atoms with E-state index in [1.807, 2.05) is 0 Å². The van der Waals surface area contributed by atoms with Crippen molar-refractivity contribution in [1.29, 1.82) is 0 Å². The summed E-state index contributed by atoms with van der Waals surface area (Å²) in [6.45, 7) is 4.62. The number of aromatic hydroxyl groups is 1. The third-order valence-electron chi connectivity index (χ3n) is 16.3. The van der Waals surface area contributed by atoms with Crippen LogP contribution in [0.5, 0.6) is 5.75 Å². The van der Waals surface area contributed by atoms with Gasteiger partial charge >= 0.3 is 17.9 Å². The van der Waals surface area contributed by atoms with Gasteiger partial charge in [0, 0.05) is 25.9 Å². The summed E-state index contributed by atoms with van der Waals surface area (Å²) < 4.78 is 0. The van der Waals surface area contributed by atoms with Gasteiger partial charge in [0.2, 0.25) is 70.9 Å². The Kier molecular flexibility index (Phi) is 44.1. The summed E-state index contributed by atoms with van der Waals surface area (Å²) in [7, 11) is 0. The summed E-state index contributed by atoms with van der Waals surface area (Å²) in [5.41, 5.74) is 49.4. The Balaban J connectivity index is 3.66. The quantitative estimate of drug-likeness (QED) is 0.0164. The molecular weight excluding hydrogens is 1410 g/mol. The first-order chi connectivity index (χ1) is 50.3. The third kappa shape index (κ3) is 38.3. The van der Waals surface area contributed by atoms with E-state index in [-0.39, 0.29) is 115 Å². The Morgan fingerprint density at radius 1 is 0.430 bits per heavy atom. The number of carboxylic acids is 3. The molecule has 11 atom stereocenters. The Bertz CT molecular complexity index is 3190. The van der Waals surface area contributed by atoms with Crippen molar-refractivity contribution in [3.05, 3.63) is 29.8 Å². The van der Waals surface area contributed by atoms with E-state index in [0.717, 1.165) is 0 Å². The van der Waals surface area contributed by atoms with Crippen molar-refractivity contribution in [1.82, 2.24) is 58.5 Å². The van der Waals surface area contributed by atoms with Crippen molar-refractivity contribution in [3.63, 3.8) is 0 Å². The molecular formula is C65H112N22O20. The van der Waals surface area contributed by atoms with Crippen LogP contribution in [0.25, 0.3) is 0 Å². The van der Waals surface area contributed by atoms with Gasteiger partial charge in [0.1, 0.15) is 71.7 Å². The Hall–Kier alpha value is -10.6. The van der Waals surface area contributed by atoms with Crippen LogP contribution in [-0.4, -0.2) is 238 Å². The van der Waals surface area contributed by atoms with Gasteiger partial charge in [0.25, 0.3) is 0 Å². The maximum absolute atomic E-state index is 14.5. The van der Waals surface area contributed by atoms with E-state index in [4.69, 9.17) is 51.6 Å². The zero-order chi connectivity index (χ0) is 81.1. The molecule has 0 unspecified atom stereocenters. The number of benzene rings is 1. The number of carbonyl (C=O) groups excluding carboxylic acids is 12. The second kappa shape index (κ2) is 50.0. The molecule has 34 N–H and O–H groups in total. The first-order valence-electron chi connectivity index (χ1n) is 35.0. The topological polar surface area (TPSA) is 748 Å². The van der Waals surface area contributed by atoms with Crippen molar-refractivity contribution in [3.8, 4) is 5.75 Å². The van der Waals surface area contributed by atoms with E-state index in [9.17, 15) is 97.5 Å². The number of hydrogen-bond acceptors (Lipinski definition) is 23. The Morgan fingerprint density at radius 2 is 0.776 bits per heavy atom. The van der Waals surface area contributed by atoms with Crippen LogP contribution in [0.3, 0.4) is 0 Å². The average molecular weight is 1520 g/mol. The van der Waals surface area contributed by atoms with Crippen LogP contribution >= 0.6 is 0 Å². The molecule has 0 bridgehead atoms. The fourth-order valence-corrected chi connectivity index (χ4v) is 10.2. The predicted octanol–water partition coefficient (Wildman–Crippen LogP) is -8.16. The van der Waals surface area contributed by atoms with Crippen molar-refractivity contribution < 1.29 is 97.5 Å².